The lowest BCUT2D eigenvalue weighted by molar-refractivity contribution is -0.145. The molecule has 0 amide bonds. The largest absolute Gasteiger partial charge is 0.623 e. The molecule has 1 saturated carbocycles. The summed E-state index contributed by atoms with van der Waals surface area (Å²) in [5.74, 6) is -1.22. The molecule has 158 valence electrons. The van der Waals surface area contributed by atoms with Crippen LogP contribution in [0, 0.1) is 5.92 Å². The van der Waals surface area contributed by atoms with Crippen LogP contribution in [0.15, 0.2) is 12.2 Å². The molecule has 0 aromatic heterocycles. The van der Waals surface area contributed by atoms with Gasteiger partial charge in [-0.1, -0.05) is 59.8 Å². The zero-order valence-electron chi connectivity index (χ0n) is 15.3. The molecule has 1 N–H and O–H groups in total. The summed E-state index contributed by atoms with van der Waals surface area (Å²) in [7, 11) is -4.29. The monoisotopic (exact) mass is 474 g/mol. The van der Waals surface area contributed by atoms with Gasteiger partial charge in [0.25, 0.3) is 0 Å². The van der Waals surface area contributed by atoms with Crippen LogP contribution < -0.4 is 4.72 Å². The first-order valence-corrected chi connectivity index (χ1v) is 11.5. The van der Waals surface area contributed by atoms with Crippen LogP contribution in [0.1, 0.15) is 25.7 Å². The first kappa shape index (κ1) is 23.8. The molecule has 1 atom stereocenters. The van der Waals surface area contributed by atoms with E-state index in [0.717, 1.165) is 25.7 Å². The van der Waals surface area contributed by atoms with E-state index in [-0.39, 0.29) is 19.0 Å². The van der Waals surface area contributed by atoms with E-state index in [1.165, 1.54) is 11.0 Å². The molecule has 2 aliphatic rings. The van der Waals surface area contributed by atoms with E-state index in [1.807, 2.05) is 0 Å². The lowest BCUT2D eigenvalue weighted by atomic mass is 9.82. The van der Waals surface area contributed by atoms with Gasteiger partial charge in [-0.15, -0.1) is 0 Å². The quantitative estimate of drug-likeness (QED) is 0.352. The average Bonchev–Trinajstić information content (AvgIpc) is 3.04. The number of carbonyl (C=O) groups excluding carboxylic acids is 2. The highest BCUT2D eigenvalue weighted by Crippen LogP contribution is 2.27. The van der Waals surface area contributed by atoms with Crippen LogP contribution in [0.3, 0.4) is 0 Å². The number of alkyl halides is 3. The molecule has 28 heavy (non-hydrogen) atoms. The Morgan fingerprint density at radius 1 is 1.21 bits per heavy atom. The number of hydrogen-bond donors (Lipinski definition) is 1. The Hall–Kier alpha value is -0.515. The number of halogens is 3. The topological polar surface area (TPSA) is 102 Å². The number of nitrogens with one attached hydrogen (secondary N) is 1. The molecule has 2 rings (SSSR count). The Balaban J connectivity index is 2.27. The average molecular weight is 476 g/mol. The standard InChI is InChI=1S/C15H22BCl3N2O6S/c1-21-8-13(22)26-16(27-14(23)9-21)12(7-6-11-4-2-3-5-11)28(24,25)20-10-15(17,18)19/h6-7,11-12,20H,2-5,8-10H2,1H3/b7-6+. The SMILES string of the molecule is CN1CC(=O)OB(C(/C=C/C2CCCC2)S(=O)(=O)NCC(Cl)(Cl)Cl)OC(=O)C1. The van der Waals surface area contributed by atoms with Crippen LogP contribution in [-0.2, 0) is 28.9 Å². The maximum Gasteiger partial charge on any atom is 0.623 e. The molecule has 0 aromatic carbocycles. The fourth-order valence-corrected chi connectivity index (χ4v) is 4.77. The van der Waals surface area contributed by atoms with Gasteiger partial charge in [0.05, 0.1) is 19.6 Å². The van der Waals surface area contributed by atoms with Gasteiger partial charge in [0.15, 0.2) is 5.15 Å². The van der Waals surface area contributed by atoms with E-state index in [2.05, 4.69) is 4.72 Å². The number of hydrogen-bond acceptors (Lipinski definition) is 7. The summed E-state index contributed by atoms with van der Waals surface area (Å²) in [5, 5.41) is -1.48. The Bertz CT molecular complexity index is 689. The van der Waals surface area contributed by atoms with Crippen molar-refractivity contribution in [2.75, 3.05) is 26.7 Å². The van der Waals surface area contributed by atoms with Gasteiger partial charge in [-0.3, -0.25) is 14.5 Å². The second kappa shape index (κ2) is 10.00. The van der Waals surface area contributed by atoms with E-state index in [9.17, 15) is 18.0 Å². The van der Waals surface area contributed by atoms with E-state index in [4.69, 9.17) is 44.1 Å². The molecular formula is C15H22BCl3N2O6S. The van der Waals surface area contributed by atoms with Crippen molar-refractivity contribution in [3.63, 3.8) is 0 Å². The van der Waals surface area contributed by atoms with Crippen LogP contribution in [0.5, 0.6) is 0 Å². The molecule has 1 aliphatic heterocycles. The minimum atomic E-state index is -4.19. The van der Waals surface area contributed by atoms with Crippen molar-refractivity contribution in [1.82, 2.24) is 9.62 Å². The molecule has 13 heteroatoms. The second-order valence-corrected chi connectivity index (χ2v) is 11.3. The maximum absolute atomic E-state index is 12.8. The van der Waals surface area contributed by atoms with Crippen LogP contribution in [-0.4, -0.2) is 68.0 Å². The number of rotatable bonds is 6. The number of allylic oxidation sites excluding steroid dienone is 1. The van der Waals surface area contributed by atoms with Crippen molar-refractivity contribution >= 4 is 63.9 Å². The Kier molecular flexibility index (Phi) is 8.48. The van der Waals surface area contributed by atoms with Gasteiger partial charge in [-0.2, -0.15) is 0 Å². The summed E-state index contributed by atoms with van der Waals surface area (Å²) in [6.07, 6.45) is 7.10. The first-order valence-electron chi connectivity index (χ1n) is 8.77. The molecule has 1 aliphatic carbocycles. The van der Waals surface area contributed by atoms with Crippen molar-refractivity contribution in [3.8, 4) is 0 Å². The Morgan fingerprint density at radius 3 is 2.25 bits per heavy atom. The summed E-state index contributed by atoms with van der Waals surface area (Å²) in [4.78, 5) is 25.4. The molecule has 1 unspecified atom stereocenters. The third-order valence-corrected chi connectivity index (χ3v) is 6.41. The zero-order chi connectivity index (χ0) is 20.9. The minimum Gasteiger partial charge on any atom is -0.497 e. The van der Waals surface area contributed by atoms with E-state index in [1.54, 1.807) is 13.1 Å². The van der Waals surface area contributed by atoms with Crippen molar-refractivity contribution < 1.29 is 27.3 Å². The number of carbonyl (C=O) groups is 2. The normalized spacial score (nSPS) is 22.1. The van der Waals surface area contributed by atoms with Gasteiger partial charge in [0.2, 0.25) is 13.8 Å². The van der Waals surface area contributed by atoms with Gasteiger partial charge >= 0.3 is 19.1 Å². The van der Waals surface area contributed by atoms with Gasteiger partial charge in [0.1, 0.15) is 0 Å². The van der Waals surface area contributed by atoms with Crippen molar-refractivity contribution in [3.05, 3.63) is 12.2 Å². The van der Waals surface area contributed by atoms with Crippen LogP contribution in [0.25, 0.3) is 0 Å². The van der Waals surface area contributed by atoms with E-state index in [0.29, 0.717) is 0 Å². The molecule has 1 heterocycles. The maximum atomic E-state index is 12.8. The highest BCUT2D eigenvalue weighted by atomic mass is 35.6. The smallest absolute Gasteiger partial charge is 0.497 e. The van der Waals surface area contributed by atoms with Crippen LogP contribution >= 0.6 is 34.8 Å². The van der Waals surface area contributed by atoms with Crippen molar-refractivity contribution in [2.24, 2.45) is 5.92 Å². The third kappa shape index (κ3) is 7.72. The second-order valence-electron chi connectivity index (χ2n) is 6.90. The van der Waals surface area contributed by atoms with Gasteiger partial charge in [0, 0.05) is 0 Å². The lowest BCUT2D eigenvalue weighted by Crippen LogP contribution is -2.52. The summed E-state index contributed by atoms with van der Waals surface area (Å²) in [6, 6.07) is 0. The van der Waals surface area contributed by atoms with E-state index < -0.39 is 44.6 Å². The van der Waals surface area contributed by atoms with Crippen LogP contribution in [0.4, 0.5) is 0 Å². The highest BCUT2D eigenvalue weighted by Gasteiger charge is 2.46. The Labute approximate surface area is 180 Å². The summed E-state index contributed by atoms with van der Waals surface area (Å²) in [6.45, 7) is -0.844. The number of sulfonamides is 1. The molecule has 1 saturated heterocycles. The Morgan fingerprint density at radius 2 is 1.75 bits per heavy atom. The summed E-state index contributed by atoms with van der Waals surface area (Å²) >= 11 is 16.9. The predicted octanol–water partition coefficient (Wildman–Crippen LogP) is 1.45. The molecule has 0 bridgehead atoms. The highest BCUT2D eigenvalue weighted by molar-refractivity contribution is 7.91. The number of likely N-dealkylation sites (N-methyl/N-ethyl adjacent to an activating group) is 1. The molecule has 0 spiro atoms. The zero-order valence-corrected chi connectivity index (χ0v) is 18.4. The van der Waals surface area contributed by atoms with Crippen LogP contribution in [0.2, 0.25) is 0 Å². The molecule has 8 nitrogen and oxygen atoms in total. The fourth-order valence-electron chi connectivity index (χ4n) is 3.02. The minimum absolute atomic E-state index is 0.174. The summed E-state index contributed by atoms with van der Waals surface area (Å²) in [5.41, 5.74) is 0. The fraction of sp³-hybridized carbons (Fsp3) is 0.733. The first-order chi connectivity index (χ1) is 13.0. The van der Waals surface area contributed by atoms with Gasteiger partial charge < -0.3 is 9.31 Å². The third-order valence-electron chi connectivity index (χ3n) is 4.37. The van der Waals surface area contributed by atoms with E-state index >= 15 is 0 Å². The summed E-state index contributed by atoms with van der Waals surface area (Å²) < 4.78 is 36.2. The molecule has 2 fully saturated rings. The lowest BCUT2D eigenvalue weighted by Gasteiger charge is -2.26. The van der Waals surface area contributed by atoms with Gasteiger partial charge in [-0.25, -0.2) is 13.1 Å². The van der Waals surface area contributed by atoms with Crippen molar-refractivity contribution in [2.45, 2.75) is 34.6 Å². The predicted molar refractivity (Wildman–Crippen MR) is 108 cm³/mol. The molecule has 0 aromatic rings. The number of nitrogens with zero attached hydrogens (tertiary/aromatic N) is 1. The van der Waals surface area contributed by atoms with Gasteiger partial charge in [-0.05, 0) is 25.8 Å². The van der Waals surface area contributed by atoms with Crippen molar-refractivity contribution in [1.29, 1.82) is 0 Å². The molecule has 0 radical (unpaired) electrons. The molecular weight excluding hydrogens is 453 g/mol.